The topological polar surface area (TPSA) is 95.9 Å². The SMILES string of the molecule is O=C(NC1(CCC(=O)N2CC(C(=O)O)C2)CCCCC1)OCC1c2ccccc2-c2ccccc21. The molecule has 0 aromatic heterocycles. The van der Waals surface area contributed by atoms with Crippen LogP contribution in [0.1, 0.15) is 62.0 Å². The van der Waals surface area contributed by atoms with Gasteiger partial charge in [-0.05, 0) is 41.5 Å². The summed E-state index contributed by atoms with van der Waals surface area (Å²) in [6.07, 6.45) is 5.18. The molecule has 5 rings (SSSR count). The second-order valence-corrected chi connectivity index (χ2v) is 10.1. The molecule has 2 fully saturated rings. The molecule has 3 aliphatic rings. The summed E-state index contributed by atoms with van der Waals surface area (Å²) in [6, 6.07) is 16.5. The fraction of sp³-hybridized carbons (Fsp3) is 0.464. The second kappa shape index (κ2) is 9.72. The Bertz CT molecular complexity index is 1070. The van der Waals surface area contributed by atoms with E-state index < -0.39 is 23.5 Å². The maximum atomic E-state index is 13.0. The van der Waals surface area contributed by atoms with E-state index in [0.717, 1.165) is 32.1 Å². The number of hydrogen-bond donors (Lipinski definition) is 2. The van der Waals surface area contributed by atoms with Gasteiger partial charge in [0.15, 0.2) is 0 Å². The predicted molar refractivity (Wildman–Crippen MR) is 131 cm³/mol. The highest BCUT2D eigenvalue weighted by atomic mass is 16.5. The van der Waals surface area contributed by atoms with E-state index in [1.54, 1.807) is 4.90 Å². The number of nitrogens with one attached hydrogen (secondary N) is 1. The van der Waals surface area contributed by atoms with Gasteiger partial charge in [0, 0.05) is 31.0 Å². The van der Waals surface area contributed by atoms with Crippen molar-refractivity contribution in [2.75, 3.05) is 19.7 Å². The normalized spacial score (nSPS) is 18.8. The van der Waals surface area contributed by atoms with Gasteiger partial charge in [-0.1, -0.05) is 67.8 Å². The van der Waals surface area contributed by atoms with Crippen LogP contribution in [0.5, 0.6) is 0 Å². The number of fused-ring (bicyclic) bond motifs is 3. The smallest absolute Gasteiger partial charge is 0.407 e. The number of alkyl carbamates (subject to hydrolysis) is 1. The Labute approximate surface area is 205 Å². The average molecular weight is 477 g/mol. The zero-order chi connectivity index (χ0) is 24.4. The van der Waals surface area contributed by atoms with Gasteiger partial charge in [0.2, 0.25) is 5.91 Å². The molecule has 7 nitrogen and oxygen atoms in total. The standard InChI is InChI=1S/C28H32N2O5/c31-25(30-16-19(17-30)26(32)33)12-15-28(13-6-1-7-14-28)29-27(34)35-18-24-22-10-4-2-8-20(22)21-9-3-5-11-23(21)24/h2-5,8-11,19,24H,1,6-7,12-18H2,(H,29,34)(H,32,33). The summed E-state index contributed by atoms with van der Waals surface area (Å²) in [5.41, 5.74) is 4.28. The lowest BCUT2D eigenvalue weighted by atomic mass is 9.78. The number of rotatable bonds is 7. The number of carbonyl (C=O) groups is 3. The molecule has 0 atom stereocenters. The highest BCUT2D eigenvalue weighted by molar-refractivity contribution is 5.81. The number of carboxylic acid groups (broad SMARTS) is 1. The van der Waals surface area contributed by atoms with Crippen LogP contribution < -0.4 is 5.32 Å². The minimum absolute atomic E-state index is 0.00521. The van der Waals surface area contributed by atoms with E-state index in [0.29, 0.717) is 12.8 Å². The predicted octanol–water partition coefficient (Wildman–Crippen LogP) is 4.55. The molecule has 0 radical (unpaired) electrons. The summed E-state index contributed by atoms with van der Waals surface area (Å²) in [4.78, 5) is 38.2. The highest BCUT2D eigenvalue weighted by Crippen LogP contribution is 2.44. The lowest BCUT2D eigenvalue weighted by Gasteiger charge is -2.40. The van der Waals surface area contributed by atoms with E-state index in [2.05, 4.69) is 29.6 Å². The van der Waals surface area contributed by atoms with E-state index in [9.17, 15) is 14.4 Å². The van der Waals surface area contributed by atoms with Gasteiger partial charge in [-0.15, -0.1) is 0 Å². The van der Waals surface area contributed by atoms with Crippen LogP contribution in [0, 0.1) is 5.92 Å². The number of amides is 2. The summed E-state index contributed by atoms with van der Waals surface area (Å²) < 4.78 is 5.78. The molecule has 2 N–H and O–H groups in total. The van der Waals surface area contributed by atoms with Crippen LogP contribution in [-0.4, -0.2) is 53.2 Å². The quantitative estimate of drug-likeness (QED) is 0.611. The van der Waals surface area contributed by atoms with Gasteiger partial charge in [-0.3, -0.25) is 9.59 Å². The fourth-order valence-electron chi connectivity index (χ4n) is 5.86. The van der Waals surface area contributed by atoms with Crippen molar-refractivity contribution >= 4 is 18.0 Å². The van der Waals surface area contributed by atoms with Gasteiger partial charge in [-0.2, -0.15) is 0 Å². The van der Waals surface area contributed by atoms with Crippen molar-refractivity contribution in [3.63, 3.8) is 0 Å². The largest absolute Gasteiger partial charge is 0.481 e. The molecule has 1 aliphatic heterocycles. The summed E-state index contributed by atoms with van der Waals surface area (Å²) >= 11 is 0. The van der Waals surface area contributed by atoms with E-state index in [1.165, 1.54) is 22.3 Å². The molecular weight excluding hydrogens is 444 g/mol. The van der Waals surface area contributed by atoms with Crippen LogP contribution in [0.3, 0.4) is 0 Å². The molecule has 184 valence electrons. The van der Waals surface area contributed by atoms with Crippen molar-refractivity contribution in [3.05, 3.63) is 59.7 Å². The number of carboxylic acids is 1. The number of ether oxygens (including phenoxy) is 1. The number of aliphatic carboxylic acids is 1. The maximum Gasteiger partial charge on any atom is 0.407 e. The zero-order valence-electron chi connectivity index (χ0n) is 19.9. The van der Waals surface area contributed by atoms with Gasteiger partial charge in [0.1, 0.15) is 6.61 Å². The lowest BCUT2D eigenvalue weighted by molar-refractivity contribution is -0.153. The molecule has 7 heteroatoms. The molecule has 0 spiro atoms. The summed E-state index contributed by atoms with van der Waals surface area (Å²) in [5.74, 6) is -1.34. The lowest BCUT2D eigenvalue weighted by Crippen LogP contribution is -2.54. The van der Waals surface area contributed by atoms with E-state index in [4.69, 9.17) is 9.84 Å². The van der Waals surface area contributed by atoms with Gasteiger partial charge < -0.3 is 20.1 Å². The van der Waals surface area contributed by atoms with E-state index in [1.807, 2.05) is 24.3 Å². The number of likely N-dealkylation sites (tertiary alicyclic amines) is 1. The summed E-state index contributed by atoms with van der Waals surface area (Å²) in [6.45, 7) is 0.821. The maximum absolute atomic E-state index is 13.0. The first-order valence-electron chi connectivity index (χ1n) is 12.6. The third kappa shape index (κ3) is 4.77. The van der Waals surface area contributed by atoms with Crippen molar-refractivity contribution < 1.29 is 24.2 Å². The fourth-order valence-corrected chi connectivity index (χ4v) is 5.86. The molecule has 1 saturated carbocycles. The Hall–Kier alpha value is -3.35. The van der Waals surface area contributed by atoms with E-state index in [-0.39, 0.29) is 31.5 Å². The van der Waals surface area contributed by atoms with Crippen molar-refractivity contribution in [1.29, 1.82) is 0 Å². The molecule has 2 amide bonds. The first kappa shape index (κ1) is 23.4. The highest BCUT2D eigenvalue weighted by Gasteiger charge is 2.39. The zero-order valence-corrected chi connectivity index (χ0v) is 19.9. The van der Waals surface area contributed by atoms with Crippen LogP contribution in [-0.2, 0) is 14.3 Å². The molecule has 2 aromatic rings. The van der Waals surface area contributed by atoms with Crippen molar-refractivity contribution in [1.82, 2.24) is 10.2 Å². The van der Waals surface area contributed by atoms with Crippen molar-refractivity contribution in [3.8, 4) is 11.1 Å². The number of hydrogen-bond acceptors (Lipinski definition) is 4. The Morgan fingerprint density at radius 2 is 1.54 bits per heavy atom. The molecule has 2 aliphatic carbocycles. The summed E-state index contributed by atoms with van der Waals surface area (Å²) in [5, 5.41) is 12.2. The van der Waals surface area contributed by atoms with Crippen LogP contribution in [0.25, 0.3) is 11.1 Å². The third-order valence-corrected chi connectivity index (χ3v) is 7.92. The van der Waals surface area contributed by atoms with Gasteiger partial charge in [0.05, 0.1) is 5.92 Å². The van der Waals surface area contributed by atoms with Gasteiger partial charge >= 0.3 is 12.1 Å². The molecule has 2 aromatic carbocycles. The first-order valence-corrected chi connectivity index (χ1v) is 12.6. The first-order chi connectivity index (χ1) is 17.0. The molecule has 1 heterocycles. The van der Waals surface area contributed by atoms with Crippen LogP contribution in [0.15, 0.2) is 48.5 Å². The number of nitrogens with zero attached hydrogens (tertiary/aromatic N) is 1. The minimum atomic E-state index is -0.852. The average Bonchev–Trinajstić information content (AvgIpc) is 3.15. The van der Waals surface area contributed by atoms with Gasteiger partial charge in [0.25, 0.3) is 0 Å². The van der Waals surface area contributed by atoms with Gasteiger partial charge in [-0.25, -0.2) is 4.79 Å². The number of benzene rings is 2. The minimum Gasteiger partial charge on any atom is -0.481 e. The summed E-state index contributed by atoms with van der Waals surface area (Å²) in [7, 11) is 0. The molecule has 0 bridgehead atoms. The molecular formula is C28H32N2O5. The Morgan fingerprint density at radius 3 is 2.14 bits per heavy atom. The molecule has 0 unspecified atom stereocenters. The van der Waals surface area contributed by atoms with E-state index >= 15 is 0 Å². The number of carbonyl (C=O) groups excluding carboxylic acids is 2. The molecule has 1 saturated heterocycles. The Morgan fingerprint density at radius 1 is 0.943 bits per heavy atom. The Kier molecular flexibility index (Phi) is 6.50. The van der Waals surface area contributed by atoms with Crippen molar-refractivity contribution in [2.45, 2.75) is 56.4 Å². The monoisotopic (exact) mass is 476 g/mol. The van der Waals surface area contributed by atoms with Crippen LogP contribution in [0.4, 0.5) is 4.79 Å². The third-order valence-electron chi connectivity index (χ3n) is 7.92. The van der Waals surface area contributed by atoms with Crippen LogP contribution >= 0.6 is 0 Å². The second-order valence-electron chi connectivity index (χ2n) is 10.1. The Balaban J connectivity index is 1.20. The molecule has 35 heavy (non-hydrogen) atoms. The van der Waals surface area contributed by atoms with Crippen molar-refractivity contribution in [2.24, 2.45) is 5.92 Å². The van der Waals surface area contributed by atoms with Crippen LogP contribution in [0.2, 0.25) is 0 Å².